The van der Waals surface area contributed by atoms with E-state index in [-0.39, 0.29) is 0 Å². The zero-order chi connectivity index (χ0) is 9.23. The summed E-state index contributed by atoms with van der Waals surface area (Å²) in [5, 5.41) is 6.05. The first-order chi connectivity index (χ1) is 5.81. The van der Waals surface area contributed by atoms with Crippen LogP contribution in [0.15, 0.2) is 17.3 Å². The van der Waals surface area contributed by atoms with Gasteiger partial charge in [0.25, 0.3) is 0 Å². The molecule has 0 rings (SSSR count). The van der Waals surface area contributed by atoms with Crippen LogP contribution in [0.5, 0.6) is 0 Å². The first kappa shape index (κ1) is 11.2. The van der Waals surface area contributed by atoms with Gasteiger partial charge in [0, 0.05) is 6.54 Å². The fourth-order valence-corrected chi connectivity index (χ4v) is 0.838. The molecule has 0 saturated heterocycles. The fraction of sp³-hybridized carbons (Fsp3) is 0.667. The van der Waals surface area contributed by atoms with Gasteiger partial charge in [0.15, 0.2) is 0 Å². The average molecular weight is 169 g/mol. The van der Waals surface area contributed by atoms with Gasteiger partial charge in [-0.15, -0.1) is 0 Å². The molecule has 70 valence electrons. The molecule has 0 aromatic carbocycles. The third kappa shape index (κ3) is 7.28. The molecule has 0 aliphatic rings. The van der Waals surface area contributed by atoms with Crippen LogP contribution < -0.4 is 10.6 Å². The van der Waals surface area contributed by atoms with E-state index < -0.39 is 0 Å². The quantitative estimate of drug-likeness (QED) is 0.459. The predicted octanol–water partition coefficient (Wildman–Crippen LogP) is 0.993. The number of nitrogens with one attached hydrogen (secondary N) is 2. The molecular weight excluding hydrogens is 150 g/mol. The Bertz CT molecular complexity index is 141. The van der Waals surface area contributed by atoms with Crippen molar-refractivity contribution in [2.75, 3.05) is 20.1 Å². The Kier molecular flexibility index (Phi) is 7.70. The van der Waals surface area contributed by atoms with Crippen molar-refractivity contribution >= 4 is 6.34 Å². The van der Waals surface area contributed by atoms with Gasteiger partial charge in [0.05, 0.1) is 6.34 Å². The topological polar surface area (TPSA) is 36.4 Å². The molecule has 0 aromatic heterocycles. The van der Waals surface area contributed by atoms with Gasteiger partial charge in [-0.2, -0.15) is 0 Å². The van der Waals surface area contributed by atoms with Crippen LogP contribution in [0.1, 0.15) is 13.8 Å². The highest BCUT2D eigenvalue weighted by molar-refractivity contribution is 5.55. The normalized spacial score (nSPS) is 14.2. The lowest BCUT2D eigenvalue weighted by molar-refractivity contribution is 0.556. The Balaban J connectivity index is 3.33. The van der Waals surface area contributed by atoms with Gasteiger partial charge in [-0.25, -0.2) is 0 Å². The van der Waals surface area contributed by atoms with E-state index in [1.54, 1.807) is 6.34 Å². The molecule has 0 heterocycles. The fourth-order valence-electron chi connectivity index (χ4n) is 0.838. The molecule has 0 bridgehead atoms. The van der Waals surface area contributed by atoms with Gasteiger partial charge in [0.1, 0.15) is 0 Å². The van der Waals surface area contributed by atoms with Crippen LogP contribution in [-0.2, 0) is 0 Å². The summed E-state index contributed by atoms with van der Waals surface area (Å²) in [5.41, 5.74) is 0. The number of rotatable bonds is 6. The van der Waals surface area contributed by atoms with Crippen LogP contribution in [0.4, 0.5) is 0 Å². The standard InChI is InChI=1S/C9H19N3/c1-4-5-11-8-12-7-9(2)6-10-3/h4-5,8-10H,6-7H2,1-3H3,(H,11,12)/b5-4+/t9-/m0/s1. The molecule has 0 aliphatic carbocycles. The second-order valence-corrected chi connectivity index (χ2v) is 2.82. The smallest absolute Gasteiger partial charge is 0.0863 e. The maximum Gasteiger partial charge on any atom is 0.0863 e. The van der Waals surface area contributed by atoms with E-state index in [1.807, 2.05) is 26.2 Å². The molecule has 2 N–H and O–H groups in total. The summed E-state index contributed by atoms with van der Waals surface area (Å²) in [4.78, 5) is 4.20. The Hall–Kier alpha value is -0.830. The van der Waals surface area contributed by atoms with Crippen molar-refractivity contribution in [3.8, 4) is 0 Å². The van der Waals surface area contributed by atoms with Crippen LogP contribution in [0, 0.1) is 5.92 Å². The number of hydrogen-bond acceptors (Lipinski definition) is 2. The van der Waals surface area contributed by atoms with Gasteiger partial charge in [-0.1, -0.05) is 13.0 Å². The summed E-state index contributed by atoms with van der Waals surface area (Å²) < 4.78 is 0. The highest BCUT2D eigenvalue weighted by Gasteiger charge is 1.95. The molecule has 0 saturated carbocycles. The van der Waals surface area contributed by atoms with E-state index >= 15 is 0 Å². The molecule has 0 fully saturated rings. The van der Waals surface area contributed by atoms with Crippen molar-refractivity contribution in [2.45, 2.75) is 13.8 Å². The lowest BCUT2D eigenvalue weighted by atomic mass is 10.2. The molecule has 0 spiro atoms. The predicted molar refractivity (Wildman–Crippen MR) is 54.4 cm³/mol. The Labute approximate surface area is 75.0 Å². The maximum atomic E-state index is 4.20. The van der Waals surface area contributed by atoms with Crippen molar-refractivity contribution in [1.82, 2.24) is 10.6 Å². The van der Waals surface area contributed by atoms with Gasteiger partial charge in [-0.05, 0) is 32.6 Å². The second-order valence-electron chi connectivity index (χ2n) is 2.82. The molecule has 0 amide bonds. The summed E-state index contributed by atoms with van der Waals surface area (Å²) in [7, 11) is 1.96. The highest BCUT2D eigenvalue weighted by atomic mass is 14.9. The average Bonchev–Trinajstić information content (AvgIpc) is 2.05. The van der Waals surface area contributed by atoms with E-state index in [4.69, 9.17) is 0 Å². The number of hydrogen-bond donors (Lipinski definition) is 2. The van der Waals surface area contributed by atoms with Crippen molar-refractivity contribution in [2.24, 2.45) is 10.9 Å². The summed E-state index contributed by atoms with van der Waals surface area (Å²) in [6, 6.07) is 0. The van der Waals surface area contributed by atoms with E-state index in [9.17, 15) is 0 Å². The van der Waals surface area contributed by atoms with E-state index in [0.717, 1.165) is 13.1 Å². The molecule has 1 atom stereocenters. The van der Waals surface area contributed by atoms with Crippen molar-refractivity contribution in [3.63, 3.8) is 0 Å². The molecule has 3 nitrogen and oxygen atoms in total. The van der Waals surface area contributed by atoms with E-state index in [2.05, 4.69) is 22.5 Å². The van der Waals surface area contributed by atoms with Crippen molar-refractivity contribution in [3.05, 3.63) is 12.3 Å². The minimum atomic E-state index is 0.596. The highest BCUT2D eigenvalue weighted by Crippen LogP contribution is 1.90. The summed E-state index contributed by atoms with van der Waals surface area (Å²) >= 11 is 0. The zero-order valence-electron chi connectivity index (χ0n) is 8.17. The van der Waals surface area contributed by atoms with Gasteiger partial charge >= 0.3 is 0 Å². The first-order valence-electron chi connectivity index (χ1n) is 4.31. The molecule has 3 heteroatoms. The van der Waals surface area contributed by atoms with Gasteiger partial charge < -0.3 is 10.6 Å². The van der Waals surface area contributed by atoms with E-state index in [0.29, 0.717) is 5.92 Å². The molecule has 0 unspecified atom stereocenters. The summed E-state index contributed by atoms with van der Waals surface area (Å²) in [6.45, 7) is 6.01. The molecule has 0 aliphatic heterocycles. The van der Waals surface area contributed by atoms with E-state index in [1.165, 1.54) is 0 Å². The zero-order valence-corrected chi connectivity index (χ0v) is 8.17. The monoisotopic (exact) mass is 169 g/mol. The number of aliphatic imine (C=N–C) groups is 1. The molecular formula is C9H19N3. The maximum absolute atomic E-state index is 4.20. The minimum absolute atomic E-state index is 0.596. The van der Waals surface area contributed by atoms with Crippen LogP contribution in [-0.4, -0.2) is 26.5 Å². The summed E-state index contributed by atoms with van der Waals surface area (Å²) in [5.74, 6) is 0.596. The largest absolute Gasteiger partial charge is 0.353 e. The SMILES string of the molecule is C/C=C/NC=NC[C@@H](C)CNC. The van der Waals surface area contributed by atoms with Crippen molar-refractivity contribution < 1.29 is 0 Å². The second kappa shape index (κ2) is 8.27. The third-order valence-corrected chi connectivity index (χ3v) is 1.40. The molecule has 0 radical (unpaired) electrons. The van der Waals surface area contributed by atoms with Gasteiger partial charge in [-0.3, -0.25) is 4.99 Å². The number of allylic oxidation sites excluding steroid dienone is 1. The van der Waals surface area contributed by atoms with Crippen LogP contribution >= 0.6 is 0 Å². The Morgan fingerprint density at radius 3 is 2.83 bits per heavy atom. The Morgan fingerprint density at radius 2 is 2.25 bits per heavy atom. The van der Waals surface area contributed by atoms with Crippen LogP contribution in [0.2, 0.25) is 0 Å². The minimum Gasteiger partial charge on any atom is -0.353 e. The lowest BCUT2D eigenvalue weighted by Gasteiger charge is -2.05. The van der Waals surface area contributed by atoms with Crippen molar-refractivity contribution in [1.29, 1.82) is 0 Å². The van der Waals surface area contributed by atoms with Crippen LogP contribution in [0.25, 0.3) is 0 Å². The first-order valence-corrected chi connectivity index (χ1v) is 4.31. The third-order valence-electron chi connectivity index (χ3n) is 1.40. The lowest BCUT2D eigenvalue weighted by Crippen LogP contribution is -2.18. The summed E-state index contributed by atoms with van der Waals surface area (Å²) in [6.07, 6.45) is 5.52. The Morgan fingerprint density at radius 1 is 1.50 bits per heavy atom. The number of nitrogens with zero attached hydrogens (tertiary/aromatic N) is 1. The molecule has 12 heavy (non-hydrogen) atoms. The molecule has 0 aromatic rings. The van der Waals surface area contributed by atoms with Crippen LogP contribution in [0.3, 0.4) is 0 Å². The van der Waals surface area contributed by atoms with Gasteiger partial charge in [0.2, 0.25) is 0 Å².